The maximum atomic E-state index is 6.26. The second-order valence-corrected chi connectivity index (χ2v) is 7.38. The van der Waals surface area contributed by atoms with Gasteiger partial charge >= 0.3 is 0 Å². The van der Waals surface area contributed by atoms with Crippen molar-refractivity contribution in [2.24, 2.45) is 0 Å². The summed E-state index contributed by atoms with van der Waals surface area (Å²) in [6.07, 6.45) is 1.71. The summed E-state index contributed by atoms with van der Waals surface area (Å²) in [5.41, 5.74) is 2.95. The highest BCUT2D eigenvalue weighted by atomic mass is 32.1. The van der Waals surface area contributed by atoms with Gasteiger partial charge in [0.15, 0.2) is 5.76 Å². The van der Waals surface area contributed by atoms with Crippen LogP contribution in [0, 0.1) is 0 Å². The average Bonchev–Trinajstić information content (AvgIpc) is 3.40. The lowest BCUT2D eigenvalue weighted by Crippen LogP contribution is -1.78. The third-order valence-corrected chi connectivity index (χ3v) is 5.74. The third-order valence-electron chi connectivity index (χ3n) is 4.63. The van der Waals surface area contributed by atoms with Crippen molar-refractivity contribution in [3.63, 3.8) is 0 Å². The number of rotatable bonds is 2. The third kappa shape index (κ3) is 2.22. The maximum Gasteiger partial charge on any atom is 0.247 e. The van der Waals surface area contributed by atoms with E-state index in [1.165, 1.54) is 10.1 Å². The number of nitrogens with zero attached hydrogens (tertiary/aromatic N) is 2. The van der Waals surface area contributed by atoms with E-state index in [2.05, 4.69) is 34.2 Å². The number of oxazole rings is 1. The van der Waals surface area contributed by atoms with Crippen LogP contribution < -0.4 is 0 Å². The van der Waals surface area contributed by atoms with Crippen LogP contribution in [-0.2, 0) is 0 Å². The molecule has 4 aromatic heterocycles. The molecule has 0 atom stereocenters. The molecule has 0 amide bonds. The Labute approximate surface area is 157 Å². The Morgan fingerprint density at radius 1 is 0.852 bits per heavy atom. The van der Waals surface area contributed by atoms with Gasteiger partial charge in [-0.15, -0.1) is 11.3 Å². The molecule has 6 rings (SSSR count). The molecule has 128 valence electrons. The molecule has 0 bridgehead atoms. The maximum absolute atomic E-state index is 6.26. The molecule has 0 aliphatic rings. The number of para-hydroxylation sites is 1. The molecular formula is C22H12N2O2S. The number of thiophene rings is 1. The second kappa shape index (κ2) is 5.53. The van der Waals surface area contributed by atoms with Crippen LogP contribution in [0.15, 0.2) is 81.8 Å². The van der Waals surface area contributed by atoms with Gasteiger partial charge in [-0.1, -0.05) is 36.4 Å². The predicted molar refractivity (Wildman–Crippen MR) is 108 cm³/mol. The van der Waals surface area contributed by atoms with Gasteiger partial charge < -0.3 is 8.83 Å². The summed E-state index contributed by atoms with van der Waals surface area (Å²) >= 11 is 1.70. The van der Waals surface area contributed by atoms with E-state index in [1.54, 1.807) is 17.5 Å². The molecule has 0 saturated carbocycles. The van der Waals surface area contributed by atoms with Crippen LogP contribution in [0.2, 0.25) is 0 Å². The molecule has 5 heteroatoms. The van der Waals surface area contributed by atoms with E-state index in [1.807, 2.05) is 42.5 Å². The minimum absolute atomic E-state index is 0.528. The van der Waals surface area contributed by atoms with Gasteiger partial charge in [0.05, 0.1) is 10.4 Å². The smallest absolute Gasteiger partial charge is 0.247 e. The van der Waals surface area contributed by atoms with Crippen LogP contribution in [0.5, 0.6) is 0 Å². The summed E-state index contributed by atoms with van der Waals surface area (Å²) in [6.45, 7) is 0. The quantitative estimate of drug-likeness (QED) is 0.349. The fourth-order valence-corrected chi connectivity index (χ4v) is 4.45. The molecule has 2 aromatic carbocycles. The first-order valence-electron chi connectivity index (χ1n) is 8.59. The van der Waals surface area contributed by atoms with Crippen molar-refractivity contribution in [2.75, 3.05) is 0 Å². The summed E-state index contributed by atoms with van der Waals surface area (Å²) in [5.74, 6) is 1.31. The molecule has 0 fully saturated rings. The summed E-state index contributed by atoms with van der Waals surface area (Å²) in [5, 5.41) is 2.18. The van der Waals surface area contributed by atoms with Gasteiger partial charge in [-0.2, -0.15) is 0 Å². The number of benzene rings is 2. The molecule has 4 heterocycles. The van der Waals surface area contributed by atoms with E-state index >= 15 is 0 Å². The Hall–Kier alpha value is -3.44. The van der Waals surface area contributed by atoms with Crippen LogP contribution >= 0.6 is 11.3 Å². The van der Waals surface area contributed by atoms with E-state index in [4.69, 9.17) is 8.83 Å². The first-order chi connectivity index (χ1) is 13.4. The van der Waals surface area contributed by atoms with Crippen LogP contribution in [0.1, 0.15) is 0 Å². The summed E-state index contributed by atoms with van der Waals surface area (Å²) < 4.78 is 13.5. The lowest BCUT2D eigenvalue weighted by Gasteiger charge is -1.96. The van der Waals surface area contributed by atoms with Crippen molar-refractivity contribution >= 4 is 43.6 Å². The van der Waals surface area contributed by atoms with E-state index in [0.29, 0.717) is 11.6 Å². The fraction of sp³-hybridized carbons (Fsp3) is 0. The number of hydrogen-bond acceptors (Lipinski definition) is 5. The van der Waals surface area contributed by atoms with Crippen LogP contribution in [0.25, 0.3) is 54.4 Å². The SMILES string of the molecule is c1ccc2sc(-c3oc4ccccc4c3-c3nc4cccnc4o3)cc2c1. The van der Waals surface area contributed by atoms with Gasteiger partial charge in [0.25, 0.3) is 0 Å². The van der Waals surface area contributed by atoms with Crippen molar-refractivity contribution in [1.82, 2.24) is 9.97 Å². The Morgan fingerprint density at radius 3 is 2.67 bits per heavy atom. The molecule has 0 aliphatic heterocycles. The van der Waals surface area contributed by atoms with Gasteiger partial charge in [0.2, 0.25) is 11.6 Å². The Bertz CT molecular complexity index is 1370. The lowest BCUT2D eigenvalue weighted by molar-refractivity contribution is 0.601. The van der Waals surface area contributed by atoms with Crippen LogP contribution in [0.3, 0.4) is 0 Å². The standard InChI is InChI=1S/C22H12N2O2S/c1-4-10-17-13(6-1)12-18(27-17)20-19(14-7-2-3-9-16(14)25-20)22-24-15-8-5-11-23-21(15)26-22/h1-12H. The highest BCUT2D eigenvalue weighted by Gasteiger charge is 2.23. The van der Waals surface area contributed by atoms with E-state index < -0.39 is 0 Å². The number of hydrogen-bond donors (Lipinski definition) is 0. The van der Waals surface area contributed by atoms with Gasteiger partial charge in [0, 0.05) is 16.3 Å². The first kappa shape index (κ1) is 14.7. The topological polar surface area (TPSA) is 52.1 Å². The Kier molecular flexibility index (Phi) is 3.01. The van der Waals surface area contributed by atoms with E-state index in [-0.39, 0.29) is 0 Å². The predicted octanol–water partition coefficient (Wildman–Crippen LogP) is 6.52. The van der Waals surface area contributed by atoms with Crippen LogP contribution in [-0.4, -0.2) is 9.97 Å². The largest absolute Gasteiger partial charge is 0.454 e. The van der Waals surface area contributed by atoms with Gasteiger partial charge in [-0.25, -0.2) is 9.97 Å². The van der Waals surface area contributed by atoms with Crippen molar-refractivity contribution in [3.8, 4) is 22.1 Å². The van der Waals surface area contributed by atoms with Crippen molar-refractivity contribution in [1.29, 1.82) is 0 Å². The molecule has 0 radical (unpaired) electrons. The monoisotopic (exact) mass is 368 g/mol. The second-order valence-electron chi connectivity index (χ2n) is 6.30. The van der Waals surface area contributed by atoms with Crippen molar-refractivity contribution < 1.29 is 8.83 Å². The van der Waals surface area contributed by atoms with E-state index in [9.17, 15) is 0 Å². The molecule has 27 heavy (non-hydrogen) atoms. The number of aromatic nitrogens is 2. The lowest BCUT2D eigenvalue weighted by atomic mass is 10.1. The van der Waals surface area contributed by atoms with Crippen LogP contribution in [0.4, 0.5) is 0 Å². The van der Waals surface area contributed by atoms with E-state index in [0.717, 1.165) is 32.7 Å². The highest BCUT2D eigenvalue weighted by Crippen LogP contribution is 2.44. The van der Waals surface area contributed by atoms with Crippen molar-refractivity contribution in [3.05, 3.63) is 72.9 Å². The zero-order chi connectivity index (χ0) is 17.8. The Morgan fingerprint density at radius 2 is 1.74 bits per heavy atom. The minimum atomic E-state index is 0.528. The molecule has 0 spiro atoms. The summed E-state index contributed by atoms with van der Waals surface area (Å²) in [7, 11) is 0. The molecule has 0 N–H and O–H groups in total. The molecule has 0 unspecified atom stereocenters. The molecule has 0 aliphatic carbocycles. The molecule has 6 aromatic rings. The zero-order valence-corrected chi connectivity index (χ0v) is 14.9. The summed E-state index contributed by atoms with van der Waals surface area (Å²) in [4.78, 5) is 9.99. The molecule has 0 saturated heterocycles. The van der Waals surface area contributed by atoms with Gasteiger partial charge in [0.1, 0.15) is 11.1 Å². The number of fused-ring (bicyclic) bond motifs is 3. The average molecular weight is 368 g/mol. The van der Waals surface area contributed by atoms with Crippen molar-refractivity contribution in [2.45, 2.75) is 0 Å². The summed E-state index contributed by atoms with van der Waals surface area (Å²) in [6, 6.07) is 22.2. The minimum Gasteiger partial charge on any atom is -0.454 e. The Balaban J connectivity index is 1.68. The molecular weight excluding hydrogens is 356 g/mol. The fourth-order valence-electron chi connectivity index (χ4n) is 3.40. The normalized spacial score (nSPS) is 11.7. The van der Waals surface area contributed by atoms with Gasteiger partial charge in [-0.3, -0.25) is 0 Å². The first-order valence-corrected chi connectivity index (χ1v) is 9.41. The number of furan rings is 1. The zero-order valence-electron chi connectivity index (χ0n) is 14.0. The van der Waals surface area contributed by atoms with Gasteiger partial charge in [-0.05, 0) is 35.7 Å². The number of pyridine rings is 1. The highest BCUT2D eigenvalue weighted by molar-refractivity contribution is 7.22. The molecule has 4 nitrogen and oxygen atoms in total.